The van der Waals surface area contributed by atoms with Gasteiger partial charge in [-0.15, -0.1) is 11.3 Å². The van der Waals surface area contributed by atoms with E-state index in [4.69, 9.17) is 23.2 Å². The van der Waals surface area contributed by atoms with Crippen LogP contribution >= 0.6 is 34.5 Å². The number of nitrogens with one attached hydrogen (secondary N) is 2. The Morgan fingerprint density at radius 2 is 1.90 bits per heavy atom. The molecule has 0 unspecified atom stereocenters. The average molecular weight is 614 g/mol. The van der Waals surface area contributed by atoms with Crippen molar-refractivity contribution in [3.8, 4) is 0 Å². The van der Waals surface area contributed by atoms with Crippen molar-refractivity contribution in [2.24, 2.45) is 4.99 Å². The molecule has 212 valence electrons. The van der Waals surface area contributed by atoms with E-state index in [1.54, 1.807) is 28.5 Å². The predicted octanol–water partition coefficient (Wildman–Crippen LogP) is 4.23. The van der Waals surface area contributed by atoms with Gasteiger partial charge in [0.1, 0.15) is 6.04 Å². The third-order valence-corrected chi connectivity index (χ3v) is 8.67. The number of carbonyl (C=O) groups is 4. The van der Waals surface area contributed by atoms with Crippen LogP contribution < -0.4 is 10.6 Å². The Kier molecular flexibility index (Phi) is 8.72. The third-order valence-electron chi connectivity index (χ3n) is 7.09. The number of halogens is 2. The molecule has 0 saturated heterocycles. The first-order valence-corrected chi connectivity index (χ1v) is 14.6. The highest BCUT2D eigenvalue weighted by molar-refractivity contribution is 7.12. The fourth-order valence-corrected chi connectivity index (χ4v) is 6.34. The maximum atomic E-state index is 13.4. The largest absolute Gasteiger partial charge is 0.480 e. The summed E-state index contributed by atoms with van der Waals surface area (Å²) in [4.78, 5) is 57.0. The first-order valence-electron chi connectivity index (χ1n) is 13.0. The van der Waals surface area contributed by atoms with Crippen LogP contribution in [-0.4, -0.2) is 65.6 Å². The van der Waals surface area contributed by atoms with Crippen LogP contribution in [0.15, 0.2) is 46.8 Å². The fraction of sp³-hybridized carbons (Fsp3) is 0.276. The van der Waals surface area contributed by atoms with Crippen LogP contribution in [0.4, 0.5) is 0 Å². The molecule has 12 heteroatoms. The number of amides is 3. The molecule has 1 atom stereocenters. The van der Waals surface area contributed by atoms with Gasteiger partial charge >= 0.3 is 5.97 Å². The Morgan fingerprint density at radius 1 is 1.07 bits per heavy atom. The summed E-state index contributed by atoms with van der Waals surface area (Å²) in [6, 6.07) is 9.16. The number of rotatable bonds is 7. The molecule has 3 aromatic rings. The van der Waals surface area contributed by atoms with Gasteiger partial charge < -0.3 is 20.6 Å². The van der Waals surface area contributed by atoms with Crippen LogP contribution in [0.5, 0.6) is 0 Å². The molecule has 1 aromatic heterocycles. The Bertz CT molecular complexity index is 1560. The van der Waals surface area contributed by atoms with Crippen LogP contribution in [0, 0.1) is 0 Å². The lowest BCUT2D eigenvalue weighted by Crippen LogP contribution is -2.48. The van der Waals surface area contributed by atoms with Gasteiger partial charge in [0.25, 0.3) is 17.7 Å². The molecule has 0 spiro atoms. The van der Waals surface area contributed by atoms with Crippen molar-refractivity contribution >= 4 is 64.4 Å². The molecule has 3 heterocycles. The molecule has 2 aromatic carbocycles. The minimum atomic E-state index is -1.41. The van der Waals surface area contributed by atoms with Gasteiger partial charge in [-0.05, 0) is 71.2 Å². The second kappa shape index (κ2) is 12.4. The van der Waals surface area contributed by atoms with E-state index in [0.717, 1.165) is 36.1 Å². The quantitative estimate of drug-likeness (QED) is 0.368. The van der Waals surface area contributed by atoms with Crippen LogP contribution in [-0.2, 0) is 24.2 Å². The molecule has 9 nitrogen and oxygen atoms in total. The van der Waals surface area contributed by atoms with Gasteiger partial charge in [-0.1, -0.05) is 35.3 Å². The monoisotopic (exact) mass is 612 g/mol. The number of thiophene rings is 1. The van der Waals surface area contributed by atoms with E-state index in [9.17, 15) is 24.3 Å². The Morgan fingerprint density at radius 3 is 2.66 bits per heavy atom. The van der Waals surface area contributed by atoms with Crippen LogP contribution in [0.3, 0.4) is 0 Å². The fourth-order valence-electron chi connectivity index (χ4n) is 4.94. The van der Waals surface area contributed by atoms with E-state index in [2.05, 4.69) is 15.6 Å². The minimum absolute atomic E-state index is 0.0385. The second-order valence-electron chi connectivity index (χ2n) is 9.77. The summed E-state index contributed by atoms with van der Waals surface area (Å²) >= 11 is 14.3. The Balaban J connectivity index is 1.29. The number of carbonyl (C=O) groups excluding carboxylic acids is 3. The molecule has 2 aliphatic rings. The molecule has 5 rings (SSSR count). The summed E-state index contributed by atoms with van der Waals surface area (Å²) in [5, 5.41) is 16.4. The summed E-state index contributed by atoms with van der Waals surface area (Å²) in [5.41, 5.74) is 4.08. The molecule has 0 fully saturated rings. The van der Waals surface area contributed by atoms with Crippen molar-refractivity contribution in [1.29, 1.82) is 0 Å². The van der Waals surface area contributed by atoms with E-state index < -0.39 is 23.8 Å². The predicted molar refractivity (Wildman–Crippen MR) is 158 cm³/mol. The highest BCUT2D eigenvalue weighted by Crippen LogP contribution is 2.35. The van der Waals surface area contributed by atoms with Crippen molar-refractivity contribution in [2.45, 2.75) is 31.8 Å². The summed E-state index contributed by atoms with van der Waals surface area (Å²) in [5.74, 6) is -2.64. The van der Waals surface area contributed by atoms with E-state index >= 15 is 0 Å². The SMILES string of the molecule is O=C(NC[C@H](NC(=O)c1c(Cl)cc2c(c1Cl)CCN(C(=O)c1ccc3c(c1)CCCN=C3)C2)C(=O)O)c1cccs1. The molecule has 3 N–H and O–H groups in total. The third kappa shape index (κ3) is 6.29. The van der Waals surface area contributed by atoms with Crippen LogP contribution in [0.25, 0.3) is 0 Å². The topological polar surface area (TPSA) is 128 Å². The van der Waals surface area contributed by atoms with E-state index in [1.807, 2.05) is 24.4 Å². The maximum Gasteiger partial charge on any atom is 0.328 e. The number of carboxylic acid groups (broad SMARTS) is 1. The number of aryl methyl sites for hydroxylation is 1. The number of aliphatic imine (C=N–C) groups is 1. The van der Waals surface area contributed by atoms with Gasteiger partial charge in [0, 0.05) is 38.0 Å². The molecular weight excluding hydrogens is 587 g/mol. The Labute approximate surface area is 250 Å². The van der Waals surface area contributed by atoms with Crippen molar-refractivity contribution < 1.29 is 24.3 Å². The van der Waals surface area contributed by atoms with Gasteiger partial charge in [-0.2, -0.15) is 0 Å². The highest BCUT2D eigenvalue weighted by Gasteiger charge is 2.30. The molecule has 0 bridgehead atoms. The number of hydrogen-bond acceptors (Lipinski definition) is 6. The molecule has 0 radical (unpaired) electrons. The summed E-state index contributed by atoms with van der Waals surface area (Å²) in [7, 11) is 0. The number of benzene rings is 2. The molecule has 0 aliphatic carbocycles. The first kappa shape index (κ1) is 28.8. The number of hydrogen-bond donors (Lipinski definition) is 3. The molecule has 2 aliphatic heterocycles. The van der Waals surface area contributed by atoms with Crippen molar-refractivity contribution in [2.75, 3.05) is 19.6 Å². The maximum absolute atomic E-state index is 13.4. The second-order valence-corrected chi connectivity index (χ2v) is 11.5. The van der Waals surface area contributed by atoms with Crippen molar-refractivity contribution in [1.82, 2.24) is 15.5 Å². The molecule has 0 saturated carbocycles. The van der Waals surface area contributed by atoms with Gasteiger partial charge in [0.15, 0.2) is 0 Å². The van der Waals surface area contributed by atoms with Crippen molar-refractivity contribution in [3.63, 3.8) is 0 Å². The lowest BCUT2D eigenvalue weighted by atomic mass is 9.95. The van der Waals surface area contributed by atoms with E-state index in [-0.39, 0.29) is 34.6 Å². The van der Waals surface area contributed by atoms with Gasteiger partial charge in [0.2, 0.25) is 0 Å². The zero-order chi connectivity index (χ0) is 29.1. The van der Waals surface area contributed by atoms with Gasteiger partial charge in [0.05, 0.1) is 20.5 Å². The zero-order valence-corrected chi connectivity index (χ0v) is 24.1. The summed E-state index contributed by atoms with van der Waals surface area (Å²) < 4.78 is 0. The summed E-state index contributed by atoms with van der Waals surface area (Å²) in [6.45, 7) is 1.09. The molecule has 41 heavy (non-hydrogen) atoms. The lowest BCUT2D eigenvalue weighted by Gasteiger charge is -2.30. The standard InChI is InChI=1S/C29H26Cl2N4O5S/c30-21-12-19-15-35(28(38)17-5-6-18-13-32-8-1-3-16(18)11-17)9-7-20(19)25(31)24(21)27(37)34-22(29(39)40)14-33-26(36)23-4-2-10-41-23/h2,4-6,10-13,22H,1,3,7-9,14-15H2,(H,33,36)(H,34,37)(H,39,40)/t22-/m0/s1. The molecular formula is C29H26Cl2N4O5S. The van der Waals surface area contributed by atoms with Crippen LogP contribution in [0.1, 0.15) is 59.1 Å². The number of carboxylic acids is 1. The first-order chi connectivity index (χ1) is 19.7. The van der Waals surface area contributed by atoms with E-state index in [0.29, 0.717) is 29.0 Å². The minimum Gasteiger partial charge on any atom is -0.480 e. The average Bonchev–Trinajstić information content (AvgIpc) is 3.40. The lowest BCUT2D eigenvalue weighted by molar-refractivity contribution is -0.139. The van der Waals surface area contributed by atoms with E-state index in [1.165, 1.54) is 11.3 Å². The number of fused-ring (bicyclic) bond motifs is 2. The Hall–Kier alpha value is -3.73. The van der Waals surface area contributed by atoms with Crippen LogP contribution in [0.2, 0.25) is 10.0 Å². The highest BCUT2D eigenvalue weighted by atomic mass is 35.5. The zero-order valence-electron chi connectivity index (χ0n) is 21.8. The summed E-state index contributed by atoms with van der Waals surface area (Å²) in [6.07, 6.45) is 4.04. The smallest absolute Gasteiger partial charge is 0.328 e. The van der Waals surface area contributed by atoms with Gasteiger partial charge in [-0.25, -0.2) is 4.79 Å². The number of aliphatic carboxylic acids is 1. The normalized spacial score (nSPS) is 14.8. The van der Waals surface area contributed by atoms with Gasteiger partial charge in [-0.3, -0.25) is 19.4 Å². The van der Waals surface area contributed by atoms with Crippen molar-refractivity contribution in [3.05, 3.63) is 90.1 Å². The number of nitrogens with zero attached hydrogens (tertiary/aromatic N) is 2. The molecule has 3 amide bonds.